The Balaban J connectivity index is 1.72. The first kappa shape index (κ1) is 15.8. The lowest BCUT2D eigenvalue weighted by molar-refractivity contribution is 0.0948. The van der Waals surface area contributed by atoms with Crippen molar-refractivity contribution < 1.29 is 9.90 Å². The minimum Gasteiger partial charge on any atom is -0.507 e. The molecule has 122 valence electrons. The van der Waals surface area contributed by atoms with Crippen molar-refractivity contribution in [1.82, 2.24) is 15.1 Å². The minimum absolute atomic E-state index is 0.0112. The smallest absolute Gasteiger partial charge is 0.255 e. The quantitative estimate of drug-likeness (QED) is 0.759. The molecule has 0 saturated heterocycles. The third-order valence-electron chi connectivity index (χ3n) is 3.85. The number of nitrogens with zero attached hydrogens (tertiary/aromatic N) is 2. The number of carbonyl (C=O) groups is 1. The number of nitrogens with one attached hydrogen (secondary N) is 1. The molecule has 5 heteroatoms. The molecule has 3 rings (SSSR count). The lowest BCUT2D eigenvalue weighted by Gasteiger charge is -2.12. The Morgan fingerprint density at radius 3 is 2.71 bits per heavy atom. The summed E-state index contributed by atoms with van der Waals surface area (Å²) in [6.45, 7) is 2.92. The largest absolute Gasteiger partial charge is 0.507 e. The molecule has 0 unspecified atom stereocenters. The number of benzene rings is 2. The van der Waals surface area contributed by atoms with E-state index < -0.39 is 0 Å². The van der Waals surface area contributed by atoms with Crippen LogP contribution < -0.4 is 5.32 Å². The second-order valence-corrected chi connectivity index (χ2v) is 5.68. The van der Waals surface area contributed by atoms with Gasteiger partial charge in [-0.05, 0) is 36.2 Å². The summed E-state index contributed by atoms with van der Waals surface area (Å²) in [4.78, 5) is 12.3. The number of amides is 1. The zero-order valence-corrected chi connectivity index (χ0v) is 13.4. The van der Waals surface area contributed by atoms with E-state index in [0.717, 1.165) is 16.7 Å². The van der Waals surface area contributed by atoms with Crippen molar-refractivity contribution in [2.24, 2.45) is 0 Å². The number of rotatable bonds is 5. The van der Waals surface area contributed by atoms with E-state index in [2.05, 4.69) is 10.4 Å². The average Bonchev–Trinajstić information content (AvgIpc) is 3.09. The Morgan fingerprint density at radius 2 is 1.96 bits per heavy atom. The summed E-state index contributed by atoms with van der Waals surface area (Å²) in [6, 6.07) is 14.8. The molecule has 24 heavy (non-hydrogen) atoms. The molecule has 2 aromatic carbocycles. The summed E-state index contributed by atoms with van der Waals surface area (Å²) < 4.78 is 1.84. The monoisotopic (exact) mass is 321 g/mol. The van der Waals surface area contributed by atoms with E-state index in [1.807, 2.05) is 48.1 Å². The van der Waals surface area contributed by atoms with Crippen molar-refractivity contribution in [3.63, 3.8) is 0 Å². The zero-order valence-electron chi connectivity index (χ0n) is 13.4. The second-order valence-electron chi connectivity index (χ2n) is 5.68. The lowest BCUT2D eigenvalue weighted by Crippen LogP contribution is -2.23. The molecule has 0 aliphatic heterocycles. The van der Waals surface area contributed by atoms with Crippen molar-refractivity contribution in [2.45, 2.75) is 20.0 Å². The highest BCUT2D eigenvalue weighted by Gasteiger charge is 2.12. The van der Waals surface area contributed by atoms with Crippen LogP contribution in [-0.4, -0.2) is 20.8 Å². The van der Waals surface area contributed by atoms with Gasteiger partial charge in [0.15, 0.2) is 0 Å². The number of hydrogen-bond donors (Lipinski definition) is 2. The van der Waals surface area contributed by atoms with Gasteiger partial charge in [0.25, 0.3) is 5.91 Å². The van der Waals surface area contributed by atoms with Gasteiger partial charge in [-0.3, -0.25) is 9.48 Å². The molecule has 2 N–H and O–H groups in total. The van der Waals surface area contributed by atoms with Gasteiger partial charge in [-0.2, -0.15) is 5.10 Å². The van der Waals surface area contributed by atoms with Gasteiger partial charge in [-0.25, -0.2) is 0 Å². The number of phenolic OH excluding ortho intramolecular Hbond substituents is 1. The number of hydrogen-bond acceptors (Lipinski definition) is 3. The lowest BCUT2D eigenvalue weighted by atomic mass is 10.1. The number of aryl methyl sites for hydroxylation is 1. The highest BCUT2D eigenvalue weighted by Crippen LogP contribution is 2.18. The van der Waals surface area contributed by atoms with Crippen LogP contribution in [0, 0.1) is 6.92 Å². The summed E-state index contributed by atoms with van der Waals surface area (Å²) in [7, 11) is 0. The first-order chi connectivity index (χ1) is 11.6. The molecule has 1 amide bonds. The van der Waals surface area contributed by atoms with Crippen molar-refractivity contribution in [1.29, 1.82) is 0 Å². The van der Waals surface area contributed by atoms with E-state index in [-0.39, 0.29) is 11.7 Å². The highest BCUT2D eigenvalue weighted by molar-refractivity contribution is 5.96. The molecular weight excluding hydrogens is 302 g/mol. The molecule has 5 nitrogen and oxygen atoms in total. The first-order valence-electron chi connectivity index (χ1n) is 7.75. The Hall–Kier alpha value is -3.08. The number of aromatic nitrogens is 2. The molecule has 3 aromatic rings. The number of carbonyl (C=O) groups excluding carboxylic acids is 1. The van der Waals surface area contributed by atoms with Crippen LogP contribution in [0.5, 0.6) is 5.75 Å². The molecule has 0 radical (unpaired) electrons. The molecule has 0 atom stereocenters. The van der Waals surface area contributed by atoms with E-state index in [4.69, 9.17) is 0 Å². The SMILES string of the molecule is Cc1ccc(O)c(C(=O)NCc2ccccc2Cn2cccn2)c1. The fraction of sp³-hybridized carbons (Fsp3) is 0.158. The predicted octanol–water partition coefficient (Wildman–Crippen LogP) is 2.88. The minimum atomic E-state index is -0.287. The Kier molecular flexibility index (Phi) is 4.61. The first-order valence-corrected chi connectivity index (χ1v) is 7.75. The van der Waals surface area contributed by atoms with Crippen LogP contribution >= 0.6 is 0 Å². The Morgan fingerprint density at radius 1 is 1.17 bits per heavy atom. The molecule has 0 aliphatic rings. The molecule has 0 saturated carbocycles. The van der Waals surface area contributed by atoms with Gasteiger partial charge in [0.2, 0.25) is 0 Å². The Bertz CT molecular complexity index is 842. The topological polar surface area (TPSA) is 67.2 Å². The van der Waals surface area contributed by atoms with Crippen LogP contribution in [-0.2, 0) is 13.1 Å². The molecular formula is C19H19N3O2. The molecule has 0 fully saturated rings. The van der Waals surface area contributed by atoms with Crippen LogP contribution in [0.1, 0.15) is 27.0 Å². The third-order valence-corrected chi connectivity index (χ3v) is 3.85. The van der Waals surface area contributed by atoms with Crippen LogP contribution in [0.25, 0.3) is 0 Å². The fourth-order valence-electron chi connectivity index (χ4n) is 2.56. The average molecular weight is 321 g/mol. The maximum Gasteiger partial charge on any atom is 0.255 e. The van der Waals surface area contributed by atoms with E-state index in [1.54, 1.807) is 18.3 Å². The van der Waals surface area contributed by atoms with E-state index >= 15 is 0 Å². The van der Waals surface area contributed by atoms with Gasteiger partial charge in [0, 0.05) is 18.9 Å². The summed E-state index contributed by atoms with van der Waals surface area (Å²) >= 11 is 0. The number of phenols is 1. The number of aromatic hydroxyl groups is 1. The molecule has 1 aromatic heterocycles. The maximum absolute atomic E-state index is 12.3. The second kappa shape index (κ2) is 7.00. The van der Waals surface area contributed by atoms with Crippen LogP contribution in [0.4, 0.5) is 0 Å². The van der Waals surface area contributed by atoms with Gasteiger partial charge < -0.3 is 10.4 Å². The Labute approximate surface area is 140 Å². The van der Waals surface area contributed by atoms with E-state index in [0.29, 0.717) is 18.7 Å². The van der Waals surface area contributed by atoms with Crippen LogP contribution in [0.15, 0.2) is 60.9 Å². The van der Waals surface area contributed by atoms with Gasteiger partial charge in [0.05, 0.1) is 12.1 Å². The summed E-state index contributed by atoms with van der Waals surface area (Å²) in [6.07, 6.45) is 3.64. The van der Waals surface area contributed by atoms with Crippen molar-refractivity contribution >= 4 is 5.91 Å². The van der Waals surface area contributed by atoms with Crippen LogP contribution in [0.2, 0.25) is 0 Å². The standard InChI is InChI=1S/C19H19N3O2/c1-14-7-8-18(23)17(11-14)19(24)20-12-15-5-2-3-6-16(15)13-22-10-4-9-21-22/h2-11,23H,12-13H2,1H3,(H,20,24). The normalized spacial score (nSPS) is 10.5. The van der Waals surface area contributed by atoms with Gasteiger partial charge in [-0.15, -0.1) is 0 Å². The predicted molar refractivity (Wildman–Crippen MR) is 91.8 cm³/mol. The van der Waals surface area contributed by atoms with Crippen molar-refractivity contribution in [2.75, 3.05) is 0 Å². The summed E-state index contributed by atoms with van der Waals surface area (Å²) in [5, 5.41) is 16.9. The van der Waals surface area contributed by atoms with E-state index in [1.165, 1.54) is 6.07 Å². The third kappa shape index (κ3) is 3.63. The van der Waals surface area contributed by atoms with Crippen LogP contribution in [0.3, 0.4) is 0 Å². The summed E-state index contributed by atoms with van der Waals surface area (Å²) in [5.41, 5.74) is 3.33. The summed E-state index contributed by atoms with van der Waals surface area (Å²) in [5.74, 6) is -0.298. The van der Waals surface area contributed by atoms with Gasteiger partial charge in [-0.1, -0.05) is 35.9 Å². The molecule has 1 heterocycles. The van der Waals surface area contributed by atoms with Gasteiger partial charge in [0.1, 0.15) is 5.75 Å². The van der Waals surface area contributed by atoms with Crippen molar-refractivity contribution in [3.8, 4) is 5.75 Å². The van der Waals surface area contributed by atoms with Gasteiger partial charge >= 0.3 is 0 Å². The maximum atomic E-state index is 12.3. The molecule has 0 spiro atoms. The molecule has 0 bridgehead atoms. The van der Waals surface area contributed by atoms with Crippen molar-refractivity contribution in [3.05, 3.63) is 83.2 Å². The molecule has 0 aliphatic carbocycles. The van der Waals surface area contributed by atoms with E-state index in [9.17, 15) is 9.90 Å². The zero-order chi connectivity index (χ0) is 16.9. The fourth-order valence-corrected chi connectivity index (χ4v) is 2.56. The highest BCUT2D eigenvalue weighted by atomic mass is 16.3.